The molecule has 0 fully saturated rings. The summed E-state index contributed by atoms with van der Waals surface area (Å²) in [5, 5.41) is 2.72. The summed E-state index contributed by atoms with van der Waals surface area (Å²) in [6.07, 6.45) is 3.60. The second-order valence-electron chi connectivity index (χ2n) is 2.27. The standard InChI is InChI=1S/C9H8BrNO/c10-9-5-3-8(4-6-9)2-1-7-11-12/h1-6H,7H2/b2-1+. The number of nitroso groups, excluding NO2 is 1. The van der Waals surface area contributed by atoms with Gasteiger partial charge in [-0.2, -0.15) is 4.91 Å². The van der Waals surface area contributed by atoms with Crippen LogP contribution in [0.4, 0.5) is 0 Å². The molecule has 0 saturated carbocycles. The Morgan fingerprint density at radius 1 is 1.33 bits per heavy atom. The molecule has 0 heterocycles. The van der Waals surface area contributed by atoms with Crippen molar-refractivity contribution in [2.75, 3.05) is 6.54 Å². The third-order valence-electron chi connectivity index (χ3n) is 1.36. The first-order chi connectivity index (χ1) is 5.83. The van der Waals surface area contributed by atoms with Crippen molar-refractivity contribution in [3.8, 4) is 0 Å². The lowest BCUT2D eigenvalue weighted by Gasteiger charge is -1.91. The van der Waals surface area contributed by atoms with E-state index in [0.29, 0.717) is 0 Å². The SMILES string of the molecule is O=NC/C=C/c1ccc(Br)cc1. The van der Waals surface area contributed by atoms with E-state index in [0.717, 1.165) is 10.0 Å². The average molecular weight is 226 g/mol. The first kappa shape index (κ1) is 9.13. The van der Waals surface area contributed by atoms with E-state index < -0.39 is 0 Å². The van der Waals surface area contributed by atoms with E-state index in [9.17, 15) is 4.91 Å². The third-order valence-corrected chi connectivity index (χ3v) is 1.89. The van der Waals surface area contributed by atoms with Crippen LogP contribution in [0, 0.1) is 4.91 Å². The zero-order valence-electron chi connectivity index (χ0n) is 6.40. The first-order valence-corrected chi connectivity index (χ1v) is 4.33. The van der Waals surface area contributed by atoms with Gasteiger partial charge >= 0.3 is 0 Å². The van der Waals surface area contributed by atoms with E-state index in [2.05, 4.69) is 21.1 Å². The van der Waals surface area contributed by atoms with E-state index in [1.807, 2.05) is 30.3 Å². The maximum Gasteiger partial charge on any atom is 0.0995 e. The van der Waals surface area contributed by atoms with Gasteiger partial charge < -0.3 is 0 Å². The Morgan fingerprint density at radius 2 is 2.00 bits per heavy atom. The molecule has 0 unspecified atom stereocenters. The topological polar surface area (TPSA) is 29.4 Å². The fourth-order valence-electron chi connectivity index (χ4n) is 0.806. The summed E-state index contributed by atoms with van der Waals surface area (Å²) >= 11 is 3.33. The van der Waals surface area contributed by atoms with Crippen molar-refractivity contribution in [1.29, 1.82) is 0 Å². The summed E-state index contributed by atoms with van der Waals surface area (Å²) in [6, 6.07) is 7.83. The van der Waals surface area contributed by atoms with Gasteiger partial charge in [-0.3, -0.25) is 0 Å². The van der Waals surface area contributed by atoms with Crippen LogP contribution in [0.1, 0.15) is 5.56 Å². The van der Waals surface area contributed by atoms with Gasteiger partial charge in [-0.25, -0.2) is 0 Å². The van der Waals surface area contributed by atoms with Crippen molar-refractivity contribution in [1.82, 2.24) is 0 Å². The number of hydrogen-bond acceptors (Lipinski definition) is 2. The van der Waals surface area contributed by atoms with Crippen LogP contribution in [0.3, 0.4) is 0 Å². The lowest BCUT2D eigenvalue weighted by Crippen LogP contribution is -1.72. The second kappa shape index (κ2) is 4.83. The summed E-state index contributed by atoms with van der Waals surface area (Å²) in [4.78, 5) is 9.74. The molecule has 0 amide bonds. The Balaban J connectivity index is 2.64. The van der Waals surface area contributed by atoms with Crippen molar-refractivity contribution in [3.05, 3.63) is 45.3 Å². The molecule has 62 valence electrons. The lowest BCUT2D eigenvalue weighted by molar-refractivity contribution is 1.23. The van der Waals surface area contributed by atoms with Crippen LogP contribution in [0.25, 0.3) is 6.08 Å². The van der Waals surface area contributed by atoms with Gasteiger partial charge in [0.15, 0.2) is 0 Å². The van der Waals surface area contributed by atoms with Gasteiger partial charge in [0.05, 0.1) is 6.54 Å². The highest BCUT2D eigenvalue weighted by atomic mass is 79.9. The molecule has 0 aliphatic carbocycles. The molecular weight excluding hydrogens is 218 g/mol. The molecule has 0 radical (unpaired) electrons. The Labute approximate surface area is 79.4 Å². The third kappa shape index (κ3) is 2.96. The lowest BCUT2D eigenvalue weighted by atomic mass is 10.2. The average Bonchev–Trinajstić information content (AvgIpc) is 2.09. The quantitative estimate of drug-likeness (QED) is 0.727. The number of rotatable bonds is 3. The van der Waals surface area contributed by atoms with Gasteiger partial charge in [0, 0.05) is 4.47 Å². The Morgan fingerprint density at radius 3 is 2.58 bits per heavy atom. The molecule has 12 heavy (non-hydrogen) atoms. The summed E-state index contributed by atoms with van der Waals surface area (Å²) in [5.74, 6) is 0. The highest BCUT2D eigenvalue weighted by Gasteiger charge is 1.86. The van der Waals surface area contributed by atoms with E-state index in [4.69, 9.17) is 0 Å². The van der Waals surface area contributed by atoms with Gasteiger partial charge in [-0.05, 0) is 17.7 Å². The van der Waals surface area contributed by atoms with Crippen LogP contribution in [-0.4, -0.2) is 6.54 Å². The molecule has 0 aliphatic rings. The van der Waals surface area contributed by atoms with Crippen LogP contribution in [0.2, 0.25) is 0 Å². The van der Waals surface area contributed by atoms with Crippen LogP contribution < -0.4 is 0 Å². The minimum Gasteiger partial charge on any atom is -0.150 e. The fraction of sp³-hybridized carbons (Fsp3) is 0.111. The number of benzene rings is 1. The Hall–Kier alpha value is -0.960. The number of hydrogen-bond donors (Lipinski definition) is 0. The molecule has 0 aromatic heterocycles. The molecule has 1 aromatic carbocycles. The normalized spacial score (nSPS) is 10.4. The predicted octanol–water partition coefficient (Wildman–Crippen LogP) is 3.23. The van der Waals surface area contributed by atoms with Crippen molar-refractivity contribution >= 4 is 22.0 Å². The van der Waals surface area contributed by atoms with E-state index in [1.165, 1.54) is 0 Å². The highest BCUT2D eigenvalue weighted by Crippen LogP contribution is 2.11. The smallest absolute Gasteiger partial charge is 0.0995 e. The monoisotopic (exact) mass is 225 g/mol. The number of halogens is 1. The van der Waals surface area contributed by atoms with Gasteiger partial charge in [0.2, 0.25) is 0 Å². The van der Waals surface area contributed by atoms with Gasteiger partial charge in [-0.1, -0.05) is 45.4 Å². The van der Waals surface area contributed by atoms with Crippen LogP contribution in [0.15, 0.2) is 40.0 Å². The summed E-state index contributed by atoms with van der Waals surface area (Å²) in [7, 11) is 0. The molecule has 1 rings (SSSR count). The van der Waals surface area contributed by atoms with Crippen LogP contribution in [0.5, 0.6) is 0 Å². The molecule has 0 bridgehead atoms. The number of nitrogens with zero attached hydrogens (tertiary/aromatic N) is 1. The van der Waals surface area contributed by atoms with Gasteiger partial charge in [0.1, 0.15) is 0 Å². The maximum atomic E-state index is 9.74. The molecule has 1 aromatic rings. The summed E-state index contributed by atoms with van der Waals surface area (Å²) in [6.45, 7) is 0.232. The van der Waals surface area contributed by atoms with Crippen molar-refractivity contribution in [2.45, 2.75) is 0 Å². The van der Waals surface area contributed by atoms with Crippen LogP contribution >= 0.6 is 15.9 Å². The van der Waals surface area contributed by atoms with Gasteiger partial charge in [0.25, 0.3) is 0 Å². The summed E-state index contributed by atoms with van der Waals surface area (Å²) in [5.41, 5.74) is 1.07. The van der Waals surface area contributed by atoms with Crippen molar-refractivity contribution < 1.29 is 0 Å². The molecule has 0 aliphatic heterocycles. The minimum absolute atomic E-state index is 0.232. The Kier molecular flexibility index (Phi) is 3.67. The van der Waals surface area contributed by atoms with Crippen molar-refractivity contribution in [3.63, 3.8) is 0 Å². The van der Waals surface area contributed by atoms with E-state index in [-0.39, 0.29) is 6.54 Å². The molecule has 3 heteroatoms. The second-order valence-corrected chi connectivity index (χ2v) is 3.18. The van der Waals surface area contributed by atoms with Gasteiger partial charge in [-0.15, -0.1) is 0 Å². The molecular formula is C9H8BrNO. The van der Waals surface area contributed by atoms with E-state index >= 15 is 0 Å². The first-order valence-electron chi connectivity index (χ1n) is 3.54. The van der Waals surface area contributed by atoms with Crippen molar-refractivity contribution in [2.24, 2.45) is 5.18 Å². The summed E-state index contributed by atoms with van der Waals surface area (Å²) < 4.78 is 1.05. The van der Waals surface area contributed by atoms with E-state index in [1.54, 1.807) is 6.08 Å². The largest absolute Gasteiger partial charge is 0.150 e. The predicted molar refractivity (Wildman–Crippen MR) is 53.8 cm³/mol. The zero-order valence-corrected chi connectivity index (χ0v) is 7.99. The molecule has 0 saturated heterocycles. The molecule has 2 nitrogen and oxygen atoms in total. The van der Waals surface area contributed by atoms with Crippen LogP contribution in [-0.2, 0) is 0 Å². The molecule has 0 atom stereocenters. The molecule has 0 N–H and O–H groups in total. The fourth-order valence-corrected chi connectivity index (χ4v) is 1.07. The molecule has 0 spiro atoms. The minimum atomic E-state index is 0.232. The highest BCUT2D eigenvalue weighted by molar-refractivity contribution is 9.10. The zero-order chi connectivity index (χ0) is 8.81. The Bertz CT molecular complexity index is 279. The maximum absolute atomic E-state index is 9.74.